The maximum Gasteiger partial charge on any atom is 0.129 e. The van der Waals surface area contributed by atoms with Crippen LogP contribution >= 0.6 is 0 Å². The molecule has 96 valence electrons. The summed E-state index contributed by atoms with van der Waals surface area (Å²) >= 11 is 0. The Bertz CT molecular complexity index is 186. The zero-order valence-corrected chi connectivity index (χ0v) is 11.9. The monoisotopic (exact) mass is 226 g/mol. The Balaban J connectivity index is 3.69. The van der Waals surface area contributed by atoms with Crippen LogP contribution in [0.3, 0.4) is 0 Å². The first-order valence-electron chi connectivity index (χ1n) is 6.96. The molecule has 0 bridgehead atoms. The standard InChI is InChI=1S/C15H30O/c1-6-7-12(2)8-9-13(3)14(4)10-11-15(5)16/h12-14H,6-11H2,1-5H3. The van der Waals surface area contributed by atoms with E-state index >= 15 is 0 Å². The molecule has 0 rings (SSSR count). The summed E-state index contributed by atoms with van der Waals surface area (Å²) in [5.74, 6) is 2.65. The molecule has 1 nitrogen and oxygen atoms in total. The molecule has 0 heterocycles. The fourth-order valence-corrected chi connectivity index (χ4v) is 2.18. The number of Topliss-reactive ketones (excluding diaryl/α,β-unsaturated/α-hetero) is 1. The molecule has 0 radical (unpaired) electrons. The minimum atomic E-state index is 0.332. The molecule has 0 N–H and O–H groups in total. The van der Waals surface area contributed by atoms with Crippen molar-refractivity contribution >= 4 is 5.78 Å². The number of ketones is 1. The minimum absolute atomic E-state index is 0.332. The summed E-state index contributed by atoms with van der Waals surface area (Å²) in [6.07, 6.45) is 7.15. The van der Waals surface area contributed by atoms with E-state index in [4.69, 9.17) is 0 Å². The molecule has 0 amide bonds. The van der Waals surface area contributed by atoms with E-state index in [0.29, 0.717) is 11.7 Å². The van der Waals surface area contributed by atoms with E-state index in [1.165, 1.54) is 25.7 Å². The summed E-state index contributed by atoms with van der Waals surface area (Å²) in [5.41, 5.74) is 0. The van der Waals surface area contributed by atoms with E-state index in [2.05, 4.69) is 27.7 Å². The SMILES string of the molecule is CCCC(C)CCC(C)C(C)CCC(C)=O. The van der Waals surface area contributed by atoms with Gasteiger partial charge >= 0.3 is 0 Å². The van der Waals surface area contributed by atoms with E-state index in [1.54, 1.807) is 6.92 Å². The minimum Gasteiger partial charge on any atom is -0.300 e. The Kier molecular flexibility index (Phi) is 8.60. The Morgan fingerprint density at radius 2 is 1.50 bits per heavy atom. The number of rotatable bonds is 9. The van der Waals surface area contributed by atoms with Gasteiger partial charge in [0, 0.05) is 6.42 Å². The van der Waals surface area contributed by atoms with Crippen LogP contribution in [0.5, 0.6) is 0 Å². The van der Waals surface area contributed by atoms with E-state index in [0.717, 1.165) is 24.7 Å². The van der Waals surface area contributed by atoms with Gasteiger partial charge in [0.15, 0.2) is 0 Å². The number of hydrogen-bond acceptors (Lipinski definition) is 1. The summed E-state index contributed by atoms with van der Waals surface area (Å²) in [7, 11) is 0. The lowest BCUT2D eigenvalue weighted by Gasteiger charge is -2.21. The van der Waals surface area contributed by atoms with Gasteiger partial charge in [0.25, 0.3) is 0 Å². The second kappa shape index (κ2) is 8.78. The third-order valence-electron chi connectivity index (χ3n) is 3.82. The fourth-order valence-electron chi connectivity index (χ4n) is 2.18. The number of carbonyl (C=O) groups excluding carboxylic acids is 1. The molecule has 16 heavy (non-hydrogen) atoms. The van der Waals surface area contributed by atoms with Crippen molar-refractivity contribution in [1.29, 1.82) is 0 Å². The highest BCUT2D eigenvalue weighted by Crippen LogP contribution is 2.24. The van der Waals surface area contributed by atoms with Crippen LogP contribution < -0.4 is 0 Å². The van der Waals surface area contributed by atoms with Crippen LogP contribution in [0.2, 0.25) is 0 Å². The zero-order chi connectivity index (χ0) is 12.6. The van der Waals surface area contributed by atoms with Gasteiger partial charge in [0.2, 0.25) is 0 Å². The molecule has 3 atom stereocenters. The van der Waals surface area contributed by atoms with Crippen LogP contribution in [0.25, 0.3) is 0 Å². The third kappa shape index (κ3) is 7.90. The van der Waals surface area contributed by atoms with Gasteiger partial charge in [0.1, 0.15) is 5.78 Å². The molecule has 3 unspecified atom stereocenters. The molecule has 0 saturated carbocycles. The summed E-state index contributed by atoms with van der Waals surface area (Å²) in [6.45, 7) is 10.9. The summed E-state index contributed by atoms with van der Waals surface area (Å²) in [4.78, 5) is 10.9. The molecule has 0 aromatic carbocycles. The molecule has 0 aromatic heterocycles. The van der Waals surface area contributed by atoms with Crippen molar-refractivity contribution in [3.8, 4) is 0 Å². The number of carbonyl (C=O) groups is 1. The molecule has 0 aliphatic rings. The van der Waals surface area contributed by atoms with Crippen molar-refractivity contribution < 1.29 is 4.79 Å². The Labute approximate surface area is 102 Å². The van der Waals surface area contributed by atoms with Gasteiger partial charge in [-0.15, -0.1) is 0 Å². The predicted molar refractivity (Wildman–Crippen MR) is 71.5 cm³/mol. The van der Waals surface area contributed by atoms with Crippen LogP contribution in [0.15, 0.2) is 0 Å². The second-order valence-electron chi connectivity index (χ2n) is 5.67. The molecular weight excluding hydrogens is 196 g/mol. The fraction of sp³-hybridized carbons (Fsp3) is 0.933. The first-order valence-corrected chi connectivity index (χ1v) is 6.96. The van der Waals surface area contributed by atoms with Crippen LogP contribution in [0.1, 0.15) is 73.1 Å². The molecule has 0 aromatic rings. The maximum atomic E-state index is 10.9. The Morgan fingerprint density at radius 3 is 2.00 bits per heavy atom. The van der Waals surface area contributed by atoms with Gasteiger partial charge in [-0.3, -0.25) is 0 Å². The van der Waals surface area contributed by atoms with Gasteiger partial charge in [-0.1, -0.05) is 53.4 Å². The van der Waals surface area contributed by atoms with Crippen molar-refractivity contribution in [3.05, 3.63) is 0 Å². The van der Waals surface area contributed by atoms with Crippen LogP contribution in [-0.4, -0.2) is 5.78 Å². The van der Waals surface area contributed by atoms with Gasteiger partial charge < -0.3 is 4.79 Å². The molecule has 0 saturated heterocycles. The van der Waals surface area contributed by atoms with Gasteiger partial charge in [-0.05, 0) is 31.1 Å². The van der Waals surface area contributed by atoms with Gasteiger partial charge in [0.05, 0.1) is 0 Å². The third-order valence-corrected chi connectivity index (χ3v) is 3.82. The van der Waals surface area contributed by atoms with Crippen molar-refractivity contribution in [2.45, 2.75) is 73.1 Å². The summed E-state index contributed by atoms with van der Waals surface area (Å²) in [6, 6.07) is 0. The Morgan fingerprint density at radius 1 is 0.938 bits per heavy atom. The highest BCUT2D eigenvalue weighted by atomic mass is 16.1. The van der Waals surface area contributed by atoms with Crippen molar-refractivity contribution in [2.75, 3.05) is 0 Å². The average Bonchev–Trinajstić information content (AvgIpc) is 2.22. The lowest BCUT2D eigenvalue weighted by Crippen LogP contribution is -2.11. The molecule has 1 heteroatoms. The van der Waals surface area contributed by atoms with Gasteiger partial charge in [-0.2, -0.15) is 0 Å². The first kappa shape index (κ1) is 15.7. The van der Waals surface area contributed by atoms with Crippen molar-refractivity contribution in [1.82, 2.24) is 0 Å². The normalized spacial score (nSPS) is 16.8. The van der Waals surface area contributed by atoms with Gasteiger partial charge in [-0.25, -0.2) is 0 Å². The lowest BCUT2D eigenvalue weighted by atomic mass is 9.85. The molecule has 0 fully saturated rings. The maximum absolute atomic E-state index is 10.9. The predicted octanol–water partition coefficient (Wildman–Crippen LogP) is 4.84. The largest absolute Gasteiger partial charge is 0.300 e. The first-order chi connectivity index (χ1) is 7.47. The average molecular weight is 226 g/mol. The van der Waals surface area contributed by atoms with Crippen LogP contribution in [0.4, 0.5) is 0 Å². The van der Waals surface area contributed by atoms with E-state index < -0.39 is 0 Å². The van der Waals surface area contributed by atoms with Crippen molar-refractivity contribution in [3.63, 3.8) is 0 Å². The molecule has 0 spiro atoms. The molecule has 0 aliphatic heterocycles. The summed E-state index contributed by atoms with van der Waals surface area (Å²) < 4.78 is 0. The zero-order valence-electron chi connectivity index (χ0n) is 11.9. The van der Waals surface area contributed by atoms with E-state index in [-0.39, 0.29) is 0 Å². The highest BCUT2D eigenvalue weighted by Gasteiger charge is 2.13. The molecule has 0 aliphatic carbocycles. The number of hydrogen-bond donors (Lipinski definition) is 0. The lowest BCUT2D eigenvalue weighted by molar-refractivity contribution is -0.117. The van der Waals surface area contributed by atoms with Crippen LogP contribution in [0, 0.1) is 17.8 Å². The highest BCUT2D eigenvalue weighted by molar-refractivity contribution is 5.75. The van der Waals surface area contributed by atoms with E-state index in [9.17, 15) is 4.79 Å². The van der Waals surface area contributed by atoms with Crippen LogP contribution in [-0.2, 0) is 4.79 Å². The summed E-state index contributed by atoms with van der Waals surface area (Å²) in [5, 5.41) is 0. The second-order valence-corrected chi connectivity index (χ2v) is 5.67. The van der Waals surface area contributed by atoms with Crippen molar-refractivity contribution in [2.24, 2.45) is 17.8 Å². The quantitative estimate of drug-likeness (QED) is 0.549. The van der Waals surface area contributed by atoms with E-state index in [1.807, 2.05) is 0 Å². The topological polar surface area (TPSA) is 17.1 Å². The molecular formula is C15H30O. The Hall–Kier alpha value is -0.330. The smallest absolute Gasteiger partial charge is 0.129 e.